The number of carbonyl (C=O) groups is 3. The summed E-state index contributed by atoms with van der Waals surface area (Å²) in [6.07, 6.45) is 4.60. The SMILES string of the molecule is C[C@@H]1CCc2sc(C(=O)OCC(=O)N3CCC[C@@H](C(N)=O)C3)cc2C1. The minimum Gasteiger partial charge on any atom is -0.451 e. The number of piperidine rings is 1. The number of esters is 1. The summed E-state index contributed by atoms with van der Waals surface area (Å²) in [6.45, 7) is 2.82. The summed E-state index contributed by atoms with van der Waals surface area (Å²) in [4.78, 5) is 39.2. The Labute approximate surface area is 151 Å². The van der Waals surface area contributed by atoms with Gasteiger partial charge in [0, 0.05) is 18.0 Å². The largest absolute Gasteiger partial charge is 0.451 e. The zero-order valence-corrected chi connectivity index (χ0v) is 15.3. The number of nitrogens with zero attached hydrogens (tertiary/aromatic N) is 1. The van der Waals surface area contributed by atoms with Gasteiger partial charge in [0.1, 0.15) is 4.88 Å². The lowest BCUT2D eigenvalue weighted by Gasteiger charge is -2.30. The molecule has 1 aromatic heterocycles. The van der Waals surface area contributed by atoms with Gasteiger partial charge in [0.15, 0.2) is 6.61 Å². The Bertz CT molecular complexity index is 685. The highest BCUT2D eigenvalue weighted by Gasteiger charge is 2.28. The van der Waals surface area contributed by atoms with Gasteiger partial charge in [-0.25, -0.2) is 4.79 Å². The minimum absolute atomic E-state index is 0.269. The zero-order valence-electron chi connectivity index (χ0n) is 14.5. The maximum absolute atomic E-state index is 12.2. The van der Waals surface area contributed by atoms with Gasteiger partial charge in [-0.2, -0.15) is 0 Å². The monoisotopic (exact) mass is 364 g/mol. The van der Waals surface area contributed by atoms with E-state index >= 15 is 0 Å². The molecule has 2 heterocycles. The van der Waals surface area contributed by atoms with E-state index in [-0.39, 0.29) is 24.3 Å². The molecule has 0 radical (unpaired) electrons. The lowest BCUT2D eigenvalue weighted by atomic mass is 9.90. The summed E-state index contributed by atoms with van der Waals surface area (Å²) >= 11 is 1.48. The van der Waals surface area contributed by atoms with Crippen molar-refractivity contribution in [3.63, 3.8) is 0 Å². The number of thiophene rings is 1. The predicted molar refractivity (Wildman–Crippen MR) is 94.3 cm³/mol. The second-order valence-electron chi connectivity index (χ2n) is 7.06. The topological polar surface area (TPSA) is 89.7 Å². The van der Waals surface area contributed by atoms with Crippen molar-refractivity contribution >= 4 is 29.1 Å². The third kappa shape index (κ3) is 4.21. The number of nitrogens with two attached hydrogens (primary N) is 1. The van der Waals surface area contributed by atoms with Crippen LogP contribution >= 0.6 is 11.3 Å². The van der Waals surface area contributed by atoms with Crippen LogP contribution in [0.3, 0.4) is 0 Å². The maximum atomic E-state index is 12.2. The standard InChI is InChI=1S/C18H24N2O4S/c1-11-4-5-14-13(7-11)8-15(25-14)18(23)24-10-16(21)20-6-2-3-12(9-20)17(19)22/h8,11-12H,2-7,9-10H2,1H3,(H2,19,22)/t11-,12-/m1/s1. The van der Waals surface area contributed by atoms with E-state index in [0.717, 1.165) is 25.7 Å². The molecule has 25 heavy (non-hydrogen) atoms. The fourth-order valence-electron chi connectivity index (χ4n) is 3.53. The van der Waals surface area contributed by atoms with E-state index < -0.39 is 5.97 Å². The van der Waals surface area contributed by atoms with Gasteiger partial charge in [-0.05, 0) is 49.7 Å². The zero-order chi connectivity index (χ0) is 18.0. The summed E-state index contributed by atoms with van der Waals surface area (Å²) in [5, 5.41) is 0. The minimum atomic E-state index is -0.441. The molecular formula is C18H24N2O4S. The number of fused-ring (bicyclic) bond motifs is 1. The first kappa shape index (κ1) is 17.9. The molecular weight excluding hydrogens is 340 g/mol. The Balaban J connectivity index is 1.53. The molecule has 0 aromatic carbocycles. The van der Waals surface area contributed by atoms with Crippen molar-refractivity contribution in [3.8, 4) is 0 Å². The third-order valence-electron chi connectivity index (χ3n) is 5.03. The number of aryl methyl sites for hydroxylation is 1. The lowest BCUT2D eigenvalue weighted by molar-refractivity contribution is -0.137. The van der Waals surface area contributed by atoms with E-state index in [1.807, 2.05) is 6.07 Å². The fourth-order valence-corrected chi connectivity index (χ4v) is 4.63. The van der Waals surface area contributed by atoms with E-state index in [1.165, 1.54) is 21.8 Å². The molecule has 6 nitrogen and oxygen atoms in total. The number of hydrogen-bond acceptors (Lipinski definition) is 5. The fraction of sp³-hybridized carbons (Fsp3) is 0.611. The van der Waals surface area contributed by atoms with Crippen LogP contribution in [-0.2, 0) is 27.2 Å². The summed E-state index contributed by atoms with van der Waals surface area (Å²) in [7, 11) is 0. The molecule has 3 rings (SSSR count). The molecule has 0 spiro atoms. The lowest BCUT2D eigenvalue weighted by Crippen LogP contribution is -2.45. The highest BCUT2D eigenvalue weighted by atomic mass is 32.1. The van der Waals surface area contributed by atoms with Crippen molar-refractivity contribution in [3.05, 3.63) is 21.4 Å². The van der Waals surface area contributed by atoms with Gasteiger partial charge in [-0.15, -0.1) is 11.3 Å². The number of primary amides is 1. The molecule has 2 aliphatic rings. The average molecular weight is 364 g/mol. The smallest absolute Gasteiger partial charge is 0.348 e. The van der Waals surface area contributed by atoms with Gasteiger partial charge >= 0.3 is 5.97 Å². The van der Waals surface area contributed by atoms with Gasteiger partial charge in [-0.3, -0.25) is 9.59 Å². The normalized spacial score (nSPS) is 23.0. The Morgan fingerprint density at radius 1 is 1.36 bits per heavy atom. The highest BCUT2D eigenvalue weighted by Crippen LogP contribution is 2.32. The Morgan fingerprint density at radius 3 is 2.92 bits per heavy atom. The molecule has 1 aromatic rings. The maximum Gasteiger partial charge on any atom is 0.348 e. The molecule has 1 aliphatic carbocycles. The number of likely N-dealkylation sites (tertiary alicyclic amines) is 1. The number of rotatable bonds is 4. The Kier molecular flexibility index (Phi) is 5.42. The number of carbonyl (C=O) groups excluding carboxylic acids is 3. The first-order valence-electron chi connectivity index (χ1n) is 8.80. The molecule has 2 atom stereocenters. The molecule has 0 bridgehead atoms. The molecule has 136 valence electrons. The van der Waals surface area contributed by atoms with Gasteiger partial charge < -0.3 is 15.4 Å². The van der Waals surface area contributed by atoms with Gasteiger partial charge in [0.2, 0.25) is 5.91 Å². The van der Waals surface area contributed by atoms with Crippen LogP contribution in [0.15, 0.2) is 6.07 Å². The summed E-state index contributed by atoms with van der Waals surface area (Å²) < 4.78 is 5.21. The van der Waals surface area contributed by atoms with Crippen molar-refractivity contribution in [2.24, 2.45) is 17.6 Å². The van der Waals surface area contributed by atoms with E-state index in [4.69, 9.17) is 10.5 Å². The van der Waals surface area contributed by atoms with Crippen LogP contribution in [0, 0.1) is 11.8 Å². The van der Waals surface area contributed by atoms with Crippen LogP contribution in [0.1, 0.15) is 46.3 Å². The molecule has 1 fully saturated rings. The van der Waals surface area contributed by atoms with Crippen molar-refractivity contribution in [1.82, 2.24) is 4.90 Å². The van der Waals surface area contributed by atoms with Gasteiger partial charge in [0.25, 0.3) is 5.91 Å². The van der Waals surface area contributed by atoms with E-state index in [0.29, 0.717) is 30.3 Å². The first-order valence-corrected chi connectivity index (χ1v) is 9.61. The highest BCUT2D eigenvalue weighted by molar-refractivity contribution is 7.14. The van der Waals surface area contributed by atoms with Crippen LogP contribution in [0.4, 0.5) is 0 Å². The van der Waals surface area contributed by atoms with Gasteiger partial charge in [0.05, 0.1) is 5.92 Å². The summed E-state index contributed by atoms with van der Waals surface area (Å²) in [5.74, 6) is -0.754. The van der Waals surface area contributed by atoms with Crippen molar-refractivity contribution in [2.45, 2.75) is 39.0 Å². The van der Waals surface area contributed by atoms with Crippen LogP contribution in [0.2, 0.25) is 0 Å². The van der Waals surface area contributed by atoms with Crippen molar-refractivity contribution in [1.29, 1.82) is 0 Å². The number of amides is 2. The first-order chi connectivity index (χ1) is 11.9. The number of hydrogen-bond donors (Lipinski definition) is 1. The van der Waals surface area contributed by atoms with Crippen molar-refractivity contribution in [2.75, 3.05) is 19.7 Å². The van der Waals surface area contributed by atoms with Gasteiger partial charge in [-0.1, -0.05) is 6.92 Å². The van der Waals surface area contributed by atoms with Crippen LogP contribution in [-0.4, -0.2) is 42.4 Å². The summed E-state index contributed by atoms with van der Waals surface area (Å²) in [5.41, 5.74) is 6.56. The van der Waals surface area contributed by atoms with Crippen LogP contribution in [0.25, 0.3) is 0 Å². The summed E-state index contributed by atoms with van der Waals surface area (Å²) in [6, 6.07) is 1.91. The molecule has 1 aliphatic heterocycles. The molecule has 2 N–H and O–H groups in total. The second-order valence-corrected chi connectivity index (χ2v) is 8.20. The van der Waals surface area contributed by atoms with Crippen molar-refractivity contribution < 1.29 is 19.1 Å². The number of ether oxygens (including phenoxy) is 1. The molecule has 7 heteroatoms. The van der Waals surface area contributed by atoms with E-state index in [2.05, 4.69) is 6.92 Å². The molecule has 2 amide bonds. The van der Waals surface area contributed by atoms with Crippen LogP contribution < -0.4 is 5.73 Å². The predicted octanol–water partition coefficient (Wildman–Crippen LogP) is 1.75. The molecule has 0 saturated carbocycles. The molecule has 0 unspecified atom stereocenters. The third-order valence-corrected chi connectivity index (χ3v) is 6.25. The Morgan fingerprint density at radius 2 is 2.16 bits per heavy atom. The Hall–Kier alpha value is -1.89. The van der Waals surface area contributed by atoms with Crippen LogP contribution in [0.5, 0.6) is 0 Å². The molecule has 1 saturated heterocycles. The second kappa shape index (κ2) is 7.56. The quantitative estimate of drug-likeness (QED) is 0.824. The average Bonchev–Trinajstić information content (AvgIpc) is 3.02. The van der Waals surface area contributed by atoms with E-state index in [9.17, 15) is 14.4 Å². The van der Waals surface area contributed by atoms with E-state index in [1.54, 1.807) is 4.90 Å².